The van der Waals surface area contributed by atoms with Gasteiger partial charge in [-0.25, -0.2) is 4.79 Å². The van der Waals surface area contributed by atoms with Crippen LogP contribution >= 0.6 is 23.5 Å². The monoisotopic (exact) mass is 1800 g/mol. The van der Waals surface area contributed by atoms with E-state index in [-0.39, 0.29) is 61.9 Å². The van der Waals surface area contributed by atoms with Crippen molar-refractivity contribution in [2.24, 2.45) is 35.0 Å². The molecule has 0 saturated carbocycles. The number of fused-ring (bicyclic) bond motifs is 1. The summed E-state index contributed by atoms with van der Waals surface area (Å²) in [6.45, 7) is 13.4. The molecule has 3 aromatic rings. The maximum absolute atomic E-state index is 14.8. The summed E-state index contributed by atoms with van der Waals surface area (Å²) in [5.74, 6) is -20.4. The molecule has 43 nitrogen and oxygen atoms in total. The Balaban J connectivity index is 1.91. The normalized spacial score (nSPS) is 15.1. The van der Waals surface area contributed by atoms with E-state index in [4.69, 9.17) is 17.2 Å². The minimum Gasteiger partial charge on any atom is -0.508 e. The van der Waals surface area contributed by atoms with Gasteiger partial charge in [0.05, 0.1) is 37.8 Å². The van der Waals surface area contributed by atoms with Gasteiger partial charge in [-0.15, -0.1) is 0 Å². The van der Waals surface area contributed by atoms with E-state index in [1.54, 1.807) is 70.7 Å². The third-order valence-electron chi connectivity index (χ3n) is 19.1. The summed E-state index contributed by atoms with van der Waals surface area (Å²) < 4.78 is 0. The second-order valence-corrected chi connectivity index (χ2v) is 33.4. The number of thioether (sulfide) groups is 2. The van der Waals surface area contributed by atoms with Gasteiger partial charge in [0.1, 0.15) is 84.3 Å². The predicted octanol–water partition coefficient (Wildman–Crippen LogP) is -4.94. The van der Waals surface area contributed by atoms with E-state index in [0.29, 0.717) is 34.2 Å². The van der Waals surface area contributed by atoms with Gasteiger partial charge in [0, 0.05) is 42.8 Å². The molecule has 1 aromatic heterocycles. The number of nitrogens with two attached hydrogens (primary N) is 3. The van der Waals surface area contributed by atoms with E-state index < -0.39 is 260 Å². The number of aromatic nitrogens is 1. The van der Waals surface area contributed by atoms with Gasteiger partial charge in [-0.3, -0.25) is 86.3 Å². The molecular weight excluding hydrogens is 1680 g/mol. The molecule has 0 bridgehead atoms. The SMILES string of the molecule is CSCC[C@H](NC(=O)[C@H](CC(=O)O)NC(=O)[C@H](CCSC)NC(=O)CNC(=O)[C@H](CCC(N)=O)NC(=O)[C@H](Cc1c[nH]c2ccccc12)NC(=O)[C@H](C)NC(=O)[C@H](CC(C)C)NC(=O)[C@H](Cc1ccc(O)cc1)NC(=O)[C@H](CC(C)C)NC(=O)[C@H](CCC(N)=O)NC(=O)CNC(=O)[C@@H](NC(=O)[C@@H](NC(=O)[C@H](C)NC(=O)[C@@H](N)CC(C)C)[C@@H](C)O)[C@@H](C)O)C(=O)O. The lowest BCUT2D eigenvalue weighted by atomic mass is 9.99. The first-order valence-corrected chi connectivity index (χ1v) is 43.4. The first kappa shape index (κ1) is 107. The Morgan fingerprint density at radius 3 is 1.27 bits per heavy atom. The summed E-state index contributed by atoms with van der Waals surface area (Å²) in [5, 5.41) is 87.5. The number of carboxylic acid groups (broad SMARTS) is 2. The standard InChI is InChI=1S/C80H123N19O24S2/c1-38(2)29-49(81)69(111)87-42(8)68(110)98-66(44(10)101)79(121)99-65(43(9)100)78(120)86-37-63(106)89-52(22-24-61(83)104)71(113)94-56(31-40(5)6)74(116)96-57(32-45-17-19-47(102)20-18-45)75(117)95-55(30-39(3)4)73(115)88-41(7)67(109)93-58(33-46-35-84-50-16-14-13-15-48(46)50)76(118)91-51(21-23-60(82)103)70(112)85-36-62(105)90-53(25-27-124-11)72(114)97-59(34-64(107)108)77(119)92-54(80(122)123)26-28-125-12/h13-20,35,38-44,49,51-59,65-66,84,100-102H,21-34,36-37,81H2,1-12H3,(H2,82,103)(H2,83,104)(H,85,112)(H,86,120)(H,87,111)(H,88,115)(H,89,106)(H,90,105)(H,91,118)(H,92,119)(H,93,109)(H,94,113)(H,95,117)(H,96,116)(H,97,114)(H,98,110)(H,99,121)(H,107,108)(H,122,123)/t41-,42-,43+,44+,49-,51-,52-,53-,54-,55-,56-,57-,58-,59-,65-,66-/m0/s1. The molecule has 3 rings (SSSR count). The zero-order valence-electron chi connectivity index (χ0n) is 72.0. The van der Waals surface area contributed by atoms with Crippen molar-refractivity contribution < 1.29 is 117 Å². The number of amides is 17. The summed E-state index contributed by atoms with van der Waals surface area (Å²) in [6, 6.07) is -9.28. The van der Waals surface area contributed by atoms with Gasteiger partial charge < -0.3 is 127 Å². The van der Waals surface area contributed by atoms with Crippen LogP contribution in [-0.2, 0) is 104 Å². The van der Waals surface area contributed by atoms with E-state index in [1.165, 1.54) is 61.6 Å². The topological polar surface area (TPSA) is 700 Å². The lowest BCUT2D eigenvalue weighted by Crippen LogP contribution is -2.62. The number of aromatic hydroxyl groups is 1. The van der Waals surface area contributed by atoms with E-state index >= 15 is 0 Å². The van der Waals surface area contributed by atoms with Gasteiger partial charge in [-0.2, -0.15) is 23.5 Å². The minimum absolute atomic E-state index is 0.0359. The van der Waals surface area contributed by atoms with Crippen molar-refractivity contribution in [1.82, 2.24) is 84.7 Å². The fourth-order valence-corrected chi connectivity index (χ4v) is 13.3. The molecule has 0 radical (unpaired) electrons. The van der Waals surface area contributed by atoms with E-state index in [1.807, 2.05) is 13.8 Å². The van der Waals surface area contributed by atoms with Crippen LogP contribution in [0.5, 0.6) is 5.75 Å². The molecule has 0 unspecified atom stereocenters. The molecule has 125 heavy (non-hydrogen) atoms. The summed E-state index contributed by atoms with van der Waals surface area (Å²) in [4.78, 5) is 260. The first-order valence-electron chi connectivity index (χ1n) is 40.6. The number of para-hydroxylation sites is 1. The molecule has 0 aliphatic rings. The second kappa shape index (κ2) is 54.1. The van der Waals surface area contributed by atoms with Crippen molar-refractivity contribution in [3.8, 4) is 5.75 Å². The van der Waals surface area contributed by atoms with Gasteiger partial charge in [-0.1, -0.05) is 71.9 Å². The predicted molar refractivity (Wildman–Crippen MR) is 459 cm³/mol. The number of primary amides is 2. The van der Waals surface area contributed by atoms with Crippen molar-refractivity contribution in [3.05, 3.63) is 65.9 Å². The maximum Gasteiger partial charge on any atom is 0.326 e. The molecule has 0 aliphatic carbocycles. The molecule has 2 aromatic carbocycles. The number of rotatable bonds is 57. The van der Waals surface area contributed by atoms with Crippen molar-refractivity contribution in [1.29, 1.82) is 0 Å². The van der Waals surface area contributed by atoms with Crippen LogP contribution in [0.2, 0.25) is 0 Å². The number of benzene rings is 2. The van der Waals surface area contributed by atoms with Crippen LogP contribution in [-0.4, -0.2) is 277 Å². The summed E-state index contributed by atoms with van der Waals surface area (Å²) in [7, 11) is 0. The number of aliphatic hydroxyl groups is 2. The van der Waals surface area contributed by atoms with Crippen molar-refractivity contribution in [2.75, 3.05) is 37.1 Å². The Kier molecular flexibility index (Phi) is 46.5. The van der Waals surface area contributed by atoms with Crippen LogP contribution in [0.15, 0.2) is 54.7 Å². The zero-order chi connectivity index (χ0) is 94.2. The number of aliphatic carboxylic acids is 2. The Hall–Kier alpha value is -11.7. The number of aromatic amines is 1. The minimum atomic E-state index is -1.85. The van der Waals surface area contributed by atoms with Crippen molar-refractivity contribution in [2.45, 2.75) is 243 Å². The van der Waals surface area contributed by atoms with E-state index in [2.05, 4.69) is 84.7 Å². The van der Waals surface area contributed by atoms with Crippen molar-refractivity contribution in [3.63, 3.8) is 0 Å². The maximum atomic E-state index is 14.8. The third kappa shape index (κ3) is 39.4. The lowest BCUT2D eigenvalue weighted by Gasteiger charge is -2.28. The number of phenolic OH excluding ortho intramolecular Hbond substituents is 1. The summed E-state index contributed by atoms with van der Waals surface area (Å²) >= 11 is 2.54. The number of carboxylic acids is 2. The average Bonchev–Trinajstić information content (AvgIpc) is 1.70. The molecule has 45 heteroatoms. The fourth-order valence-electron chi connectivity index (χ4n) is 12.4. The van der Waals surface area contributed by atoms with Gasteiger partial charge in [-0.05, 0) is 144 Å². The van der Waals surface area contributed by atoms with Gasteiger partial charge in [0.15, 0.2) is 0 Å². The Morgan fingerprint density at radius 1 is 0.400 bits per heavy atom. The van der Waals surface area contributed by atoms with Crippen LogP contribution in [0.1, 0.15) is 145 Å². The number of phenols is 1. The average molecular weight is 1800 g/mol. The quantitative estimate of drug-likeness (QED) is 0.0252. The highest BCUT2D eigenvalue weighted by Crippen LogP contribution is 2.21. The van der Waals surface area contributed by atoms with Crippen LogP contribution < -0.4 is 97.0 Å². The third-order valence-corrected chi connectivity index (χ3v) is 20.4. The largest absolute Gasteiger partial charge is 0.508 e. The van der Waals surface area contributed by atoms with Crippen LogP contribution in [0.25, 0.3) is 10.9 Å². The molecule has 0 spiro atoms. The van der Waals surface area contributed by atoms with E-state index in [9.17, 15) is 117 Å². The van der Waals surface area contributed by atoms with Gasteiger partial charge >= 0.3 is 11.9 Å². The van der Waals surface area contributed by atoms with Crippen LogP contribution in [0, 0.1) is 17.8 Å². The summed E-state index contributed by atoms with van der Waals surface area (Å²) in [5.41, 5.74) is 18.3. The number of carbonyl (C=O) groups is 19. The van der Waals surface area contributed by atoms with Crippen LogP contribution in [0.3, 0.4) is 0 Å². The fraction of sp³-hybridized carbons (Fsp3) is 0.588. The second-order valence-electron chi connectivity index (χ2n) is 31.5. The number of hydrogen-bond donors (Lipinski definition) is 24. The molecule has 694 valence electrons. The lowest BCUT2D eigenvalue weighted by molar-refractivity contribution is -0.143. The number of carbonyl (C=O) groups excluding carboxylic acids is 17. The highest BCUT2D eigenvalue weighted by Gasteiger charge is 2.39. The molecule has 16 atom stereocenters. The number of hydrogen-bond acceptors (Lipinski definition) is 25. The highest BCUT2D eigenvalue weighted by molar-refractivity contribution is 7.98. The molecule has 17 amide bonds. The summed E-state index contributed by atoms with van der Waals surface area (Å²) in [6.07, 6.45) is -2.04. The van der Waals surface area contributed by atoms with Gasteiger partial charge in [0.25, 0.3) is 0 Å². The first-order chi connectivity index (χ1) is 58.6. The van der Waals surface area contributed by atoms with E-state index in [0.717, 1.165) is 13.8 Å². The Bertz CT molecular complexity index is 4230. The molecule has 27 N–H and O–H groups in total. The molecule has 0 saturated heterocycles. The number of nitrogens with one attached hydrogen (secondary N) is 16. The van der Waals surface area contributed by atoms with Gasteiger partial charge in [0.2, 0.25) is 100 Å². The zero-order valence-corrected chi connectivity index (χ0v) is 73.7. The smallest absolute Gasteiger partial charge is 0.326 e. The number of H-pyrrole nitrogens is 1. The Labute approximate surface area is 731 Å². The van der Waals surface area contributed by atoms with Crippen LogP contribution in [0.4, 0.5) is 0 Å². The molecular formula is C80H123N19O24S2. The number of aliphatic hydroxyl groups excluding tert-OH is 2. The molecule has 0 fully saturated rings. The molecule has 1 heterocycles. The molecule has 0 aliphatic heterocycles. The van der Waals surface area contributed by atoms with Crippen molar-refractivity contribution >= 4 is 147 Å². The Morgan fingerprint density at radius 2 is 0.784 bits per heavy atom. The highest BCUT2D eigenvalue weighted by atomic mass is 32.2.